The Balaban J connectivity index is 0.000000205. The first kappa shape index (κ1) is 15.8. The molecule has 20 heavy (non-hydrogen) atoms. The van der Waals surface area contributed by atoms with Crippen molar-refractivity contribution in [2.45, 2.75) is 70.8 Å². The smallest absolute Gasteiger partial charge is 0.209 e. The molecule has 0 unspecified atom stereocenters. The van der Waals surface area contributed by atoms with Crippen molar-refractivity contribution in [3.8, 4) is 0 Å². The Morgan fingerprint density at radius 2 is 1.55 bits per heavy atom. The molecule has 0 N–H and O–H groups in total. The van der Waals surface area contributed by atoms with Gasteiger partial charge in [-0.2, -0.15) is 0 Å². The minimum Gasteiger partial charge on any atom is -0.345 e. The highest BCUT2D eigenvalue weighted by atomic mass is 16.1. The summed E-state index contributed by atoms with van der Waals surface area (Å²) in [6.07, 6.45) is 13.8. The molecular weight excluding hydrogens is 248 g/mol. The summed E-state index contributed by atoms with van der Waals surface area (Å²) < 4.78 is 0. The second kappa shape index (κ2) is 8.66. The maximum absolute atomic E-state index is 9.71. The minimum atomic E-state index is 0.892. The summed E-state index contributed by atoms with van der Waals surface area (Å²) in [6.45, 7) is 7.08. The van der Waals surface area contributed by atoms with Gasteiger partial charge < -0.3 is 9.80 Å². The van der Waals surface area contributed by atoms with E-state index in [2.05, 4.69) is 11.8 Å². The standard InChI is InChI=1S/C13H25N.C4H7NO/c1-2-12-8-10-14(11-9-12)13-6-4-3-5-7-13;6-4-5-2-1-3-5/h12-13H,2-11H2,1H3;4H,1-3H2. The molecule has 3 nitrogen and oxygen atoms in total. The van der Waals surface area contributed by atoms with E-state index in [0.29, 0.717) is 0 Å². The van der Waals surface area contributed by atoms with Crippen LogP contribution in [-0.4, -0.2) is 48.4 Å². The Labute approximate surface area is 124 Å². The molecule has 0 aromatic carbocycles. The molecule has 0 aromatic heterocycles. The van der Waals surface area contributed by atoms with E-state index in [-0.39, 0.29) is 0 Å². The van der Waals surface area contributed by atoms with Crippen molar-refractivity contribution in [3.05, 3.63) is 0 Å². The Morgan fingerprint density at radius 1 is 0.900 bits per heavy atom. The number of hydrogen-bond acceptors (Lipinski definition) is 2. The van der Waals surface area contributed by atoms with Gasteiger partial charge in [-0.05, 0) is 51.1 Å². The molecule has 2 aliphatic heterocycles. The van der Waals surface area contributed by atoms with Gasteiger partial charge in [0.05, 0.1) is 0 Å². The molecule has 1 amide bonds. The van der Waals surface area contributed by atoms with Crippen molar-refractivity contribution in [3.63, 3.8) is 0 Å². The maximum atomic E-state index is 9.71. The highest BCUT2D eigenvalue weighted by Gasteiger charge is 2.25. The number of nitrogens with zero attached hydrogens (tertiary/aromatic N) is 2. The zero-order valence-electron chi connectivity index (χ0n) is 13.2. The van der Waals surface area contributed by atoms with E-state index in [0.717, 1.165) is 31.5 Å². The zero-order valence-corrected chi connectivity index (χ0v) is 13.2. The van der Waals surface area contributed by atoms with E-state index < -0.39 is 0 Å². The summed E-state index contributed by atoms with van der Waals surface area (Å²) in [5.41, 5.74) is 0. The van der Waals surface area contributed by atoms with Gasteiger partial charge in [0.2, 0.25) is 6.41 Å². The molecule has 116 valence electrons. The van der Waals surface area contributed by atoms with Gasteiger partial charge in [-0.1, -0.05) is 32.6 Å². The van der Waals surface area contributed by atoms with E-state index in [4.69, 9.17) is 0 Å². The number of amides is 1. The van der Waals surface area contributed by atoms with E-state index in [1.807, 2.05) is 0 Å². The number of piperidine rings is 1. The first-order valence-electron chi connectivity index (χ1n) is 8.77. The van der Waals surface area contributed by atoms with Crippen molar-refractivity contribution >= 4 is 6.41 Å². The molecular formula is C17H32N2O. The molecule has 3 rings (SSSR count). The Hall–Kier alpha value is -0.570. The molecule has 0 radical (unpaired) electrons. The molecule has 0 bridgehead atoms. The summed E-state index contributed by atoms with van der Waals surface area (Å²) in [5.74, 6) is 1.04. The van der Waals surface area contributed by atoms with E-state index >= 15 is 0 Å². The highest BCUT2D eigenvalue weighted by Crippen LogP contribution is 2.27. The van der Waals surface area contributed by atoms with Gasteiger partial charge >= 0.3 is 0 Å². The number of hydrogen-bond donors (Lipinski definition) is 0. The quantitative estimate of drug-likeness (QED) is 0.741. The average Bonchev–Trinajstić information content (AvgIpc) is 2.48. The first-order valence-corrected chi connectivity index (χ1v) is 8.77. The van der Waals surface area contributed by atoms with Crippen molar-refractivity contribution in [2.24, 2.45) is 5.92 Å². The third-order valence-electron chi connectivity index (χ3n) is 5.36. The lowest BCUT2D eigenvalue weighted by molar-refractivity contribution is -0.121. The molecule has 3 heteroatoms. The Morgan fingerprint density at radius 3 is 1.95 bits per heavy atom. The molecule has 3 fully saturated rings. The Bertz CT molecular complexity index is 264. The highest BCUT2D eigenvalue weighted by molar-refractivity contribution is 5.48. The van der Waals surface area contributed by atoms with Crippen molar-refractivity contribution < 1.29 is 4.79 Å². The van der Waals surface area contributed by atoms with Crippen LogP contribution in [0.3, 0.4) is 0 Å². The van der Waals surface area contributed by atoms with Crippen molar-refractivity contribution in [1.82, 2.24) is 9.80 Å². The van der Waals surface area contributed by atoms with Crippen LogP contribution in [0, 0.1) is 5.92 Å². The fraction of sp³-hybridized carbons (Fsp3) is 0.941. The number of carbonyl (C=O) groups excluding carboxylic acids is 1. The van der Waals surface area contributed by atoms with E-state index in [1.54, 1.807) is 4.90 Å². The number of likely N-dealkylation sites (tertiary alicyclic amines) is 2. The second-order valence-electron chi connectivity index (χ2n) is 6.67. The topological polar surface area (TPSA) is 23.6 Å². The number of rotatable bonds is 3. The van der Waals surface area contributed by atoms with E-state index in [9.17, 15) is 4.79 Å². The summed E-state index contributed by atoms with van der Waals surface area (Å²) in [4.78, 5) is 14.2. The fourth-order valence-electron chi connectivity index (χ4n) is 3.62. The largest absolute Gasteiger partial charge is 0.345 e. The molecule has 1 saturated carbocycles. The molecule has 1 aliphatic carbocycles. The van der Waals surface area contributed by atoms with Crippen LogP contribution < -0.4 is 0 Å². The summed E-state index contributed by atoms with van der Waals surface area (Å²) in [7, 11) is 0. The summed E-state index contributed by atoms with van der Waals surface area (Å²) in [6, 6.07) is 0.960. The molecule has 0 spiro atoms. The molecule has 2 heterocycles. The van der Waals surface area contributed by atoms with E-state index in [1.165, 1.54) is 70.9 Å². The summed E-state index contributed by atoms with van der Waals surface area (Å²) >= 11 is 0. The second-order valence-corrected chi connectivity index (χ2v) is 6.67. The van der Waals surface area contributed by atoms with Gasteiger partial charge in [0, 0.05) is 19.1 Å². The SMILES string of the molecule is CCC1CCN(C2CCCCC2)CC1.O=CN1CCC1. The Kier molecular flexibility index (Phi) is 6.85. The molecule has 3 aliphatic rings. The van der Waals surface area contributed by atoms with Gasteiger partial charge in [-0.25, -0.2) is 0 Å². The van der Waals surface area contributed by atoms with Gasteiger partial charge in [-0.15, -0.1) is 0 Å². The number of carbonyl (C=O) groups is 1. The minimum absolute atomic E-state index is 0.892. The average molecular weight is 280 g/mol. The van der Waals surface area contributed by atoms with Crippen LogP contribution >= 0.6 is 0 Å². The summed E-state index contributed by atoms with van der Waals surface area (Å²) in [5, 5.41) is 0. The van der Waals surface area contributed by atoms with Crippen LogP contribution in [0.4, 0.5) is 0 Å². The third kappa shape index (κ3) is 4.76. The molecule has 0 atom stereocenters. The first-order chi connectivity index (χ1) is 9.83. The van der Waals surface area contributed by atoms with Gasteiger partial charge in [0.25, 0.3) is 0 Å². The van der Waals surface area contributed by atoms with Gasteiger partial charge in [0.1, 0.15) is 0 Å². The zero-order chi connectivity index (χ0) is 14.2. The lowest BCUT2D eigenvalue weighted by Gasteiger charge is -2.39. The van der Waals surface area contributed by atoms with Gasteiger partial charge in [-0.3, -0.25) is 4.79 Å². The van der Waals surface area contributed by atoms with Crippen LogP contribution in [0.15, 0.2) is 0 Å². The van der Waals surface area contributed by atoms with Crippen LogP contribution in [0.25, 0.3) is 0 Å². The molecule has 2 saturated heterocycles. The van der Waals surface area contributed by atoms with Crippen LogP contribution in [0.1, 0.15) is 64.7 Å². The molecule has 0 aromatic rings. The lowest BCUT2D eigenvalue weighted by Crippen LogP contribution is -2.42. The normalized spacial score (nSPS) is 25.6. The van der Waals surface area contributed by atoms with Gasteiger partial charge in [0.15, 0.2) is 0 Å². The monoisotopic (exact) mass is 280 g/mol. The maximum Gasteiger partial charge on any atom is 0.209 e. The van der Waals surface area contributed by atoms with Crippen molar-refractivity contribution in [1.29, 1.82) is 0 Å². The van der Waals surface area contributed by atoms with Crippen LogP contribution in [0.2, 0.25) is 0 Å². The van der Waals surface area contributed by atoms with Crippen LogP contribution in [0.5, 0.6) is 0 Å². The van der Waals surface area contributed by atoms with Crippen molar-refractivity contribution in [2.75, 3.05) is 26.2 Å². The fourth-order valence-corrected chi connectivity index (χ4v) is 3.62. The predicted molar refractivity (Wildman–Crippen MR) is 83.7 cm³/mol. The lowest BCUT2D eigenvalue weighted by atomic mass is 9.89. The van der Waals surface area contributed by atoms with Crippen LogP contribution in [-0.2, 0) is 4.79 Å². The third-order valence-corrected chi connectivity index (χ3v) is 5.36. The predicted octanol–water partition coefficient (Wildman–Crippen LogP) is 3.29.